The van der Waals surface area contributed by atoms with Gasteiger partial charge in [-0.2, -0.15) is 0 Å². The van der Waals surface area contributed by atoms with E-state index in [-0.39, 0.29) is 5.92 Å². The summed E-state index contributed by atoms with van der Waals surface area (Å²) in [5.41, 5.74) is 2.28. The van der Waals surface area contributed by atoms with Gasteiger partial charge in [-0.25, -0.2) is 0 Å². The molecule has 0 saturated heterocycles. The van der Waals surface area contributed by atoms with Crippen molar-refractivity contribution in [1.82, 2.24) is 0 Å². The first-order valence-corrected chi connectivity index (χ1v) is 6.50. The first kappa shape index (κ1) is 13.3. The monoisotopic (exact) mass is 254 g/mol. The fourth-order valence-corrected chi connectivity index (χ4v) is 1.93. The zero-order chi connectivity index (χ0) is 13.5. The van der Waals surface area contributed by atoms with Crippen LogP contribution in [0.4, 0.5) is 0 Å². The van der Waals surface area contributed by atoms with Crippen molar-refractivity contribution in [2.24, 2.45) is 0 Å². The number of rotatable bonds is 6. The molecule has 1 unspecified atom stereocenters. The molecular weight excluding hydrogens is 236 g/mol. The Bertz CT molecular complexity index is 520. The number of carbonyl (C=O) groups excluding carboxylic acids is 1. The number of hydrogen-bond donors (Lipinski definition) is 0. The van der Waals surface area contributed by atoms with E-state index in [0.717, 1.165) is 23.2 Å². The minimum Gasteiger partial charge on any atom is -0.489 e. The van der Waals surface area contributed by atoms with Gasteiger partial charge in [0.25, 0.3) is 0 Å². The number of benzene rings is 2. The zero-order valence-corrected chi connectivity index (χ0v) is 11.1. The maximum absolute atomic E-state index is 10.6. The Balaban J connectivity index is 2.01. The highest BCUT2D eigenvalue weighted by molar-refractivity contribution is 5.51. The van der Waals surface area contributed by atoms with E-state index in [9.17, 15) is 4.79 Å². The van der Waals surface area contributed by atoms with E-state index in [4.69, 9.17) is 4.74 Å². The summed E-state index contributed by atoms with van der Waals surface area (Å²) in [4.78, 5) is 10.6. The average Bonchev–Trinajstić information content (AvgIpc) is 2.47. The van der Waals surface area contributed by atoms with Crippen molar-refractivity contribution in [1.29, 1.82) is 0 Å². The van der Waals surface area contributed by atoms with Crippen LogP contribution in [0.1, 0.15) is 30.4 Å². The molecule has 0 N–H and O–H groups in total. The molecule has 0 amide bonds. The van der Waals surface area contributed by atoms with Gasteiger partial charge in [0.15, 0.2) is 0 Å². The summed E-state index contributed by atoms with van der Waals surface area (Å²) in [6.45, 7) is 2.61. The van der Waals surface area contributed by atoms with Crippen molar-refractivity contribution < 1.29 is 9.53 Å². The molecule has 2 nitrogen and oxygen atoms in total. The van der Waals surface area contributed by atoms with Crippen LogP contribution in [-0.2, 0) is 11.4 Å². The first-order chi connectivity index (χ1) is 9.29. The summed E-state index contributed by atoms with van der Waals surface area (Å²) in [5.74, 6) is 1.08. The smallest absolute Gasteiger partial charge is 0.120 e. The molecule has 0 bridgehead atoms. The van der Waals surface area contributed by atoms with E-state index >= 15 is 0 Å². The topological polar surface area (TPSA) is 26.3 Å². The van der Waals surface area contributed by atoms with Crippen LogP contribution in [0, 0.1) is 0 Å². The molecule has 0 fully saturated rings. The molecule has 98 valence electrons. The second kappa shape index (κ2) is 6.74. The molecule has 2 aromatic carbocycles. The Kier molecular flexibility index (Phi) is 4.73. The van der Waals surface area contributed by atoms with Gasteiger partial charge in [0, 0.05) is 6.42 Å². The summed E-state index contributed by atoms with van der Waals surface area (Å²) in [6.07, 6.45) is 1.50. The van der Waals surface area contributed by atoms with Crippen molar-refractivity contribution >= 4 is 6.29 Å². The Morgan fingerprint density at radius 1 is 1.11 bits per heavy atom. The van der Waals surface area contributed by atoms with Crippen LogP contribution >= 0.6 is 0 Å². The normalized spacial score (nSPS) is 11.8. The number of ether oxygens (including phenoxy) is 1. The fraction of sp³-hybridized carbons (Fsp3) is 0.235. The van der Waals surface area contributed by atoms with Crippen molar-refractivity contribution in [2.45, 2.75) is 25.9 Å². The molecule has 0 radical (unpaired) electrons. The van der Waals surface area contributed by atoms with Crippen LogP contribution in [-0.4, -0.2) is 6.29 Å². The number of aldehydes is 1. The van der Waals surface area contributed by atoms with Gasteiger partial charge in [0.2, 0.25) is 0 Å². The summed E-state index contributed by atoms with van der Waals surface area (Å²) in [7, 11) is 0. The van der Waals surface area contributed by atoms with Crippen molar-refractivity contribution in [3.05, 3.63) is 65.7 Å². The highest BCUT2D eigenvalue weighted by atomic mass is 16.5. The van der Waals surface area contributed by atoms with Gasteiger partial charge < -0.3 is 9.53 Å². The van der Waals surface area contributed by atoms with Gasteiger partial charge in [-0.1, -0.05) is 49.4 Å². The second-order valence-electron chi connectivity index (χ2n) is 4.65. The van der Waals surface area contributed by atoms with Crippen LogP contribution < -0.4 is 4.74 Å². The van der Waals surface area contributed by atoms with E-state index in [2.05, 4.69) is 0 Å². The molecule has 0 saturated carbocycles. The van der Waals surface area contributed by atoms with Crippen molar-refractivity contribution in [2.75, 3.05) is 0 Å². The average molecular weight is 254 g/mol. The van der Waals surface area contributed by atoms with E-state index in [1.54, 1.807) is 0 Å². The largest absolute Gasteiger partial charge is 0.489 e. The lowest BCUT2D eigenvalue weighted by molar-refractivity contribution is -0.108. The van der Waals surface area contributed by atoms with Crippen LogP contribution in [0.15, 0.2) is 54.6 Å². The molecule has 2 heteroatoms. The fourth-order valence-electron chi connectivity index (χ4n) is 1.93. The highest BCUT2D eigenvalue weighted by Gasteiger charge is 2.05. The molecular formula is C17H18O2. The van der Waals surface area contributed by atoms with Gasteiger partial charge in [-0.05, 0) is 29.2 Å². The predicted octanol–water partition coefficient (Wildman–Crippen LogP) is 3.96. The lowest BCUT2D eigenvalue weighted by Crippen LogP contribution is -1.98. The van der Waals surface area contributed by atoms with Gasteiger partial charge in [-0.3, -0.25) is 0 Å². The second-order valence-corrected chi connectivity index (χ2v) is 4.65. The summed E-state index contributed by atoms with van der Waals surface area (Å²) in [6, 6.07) is 18.0. The Hall–Kier alpha value is -2.09. The van der Waals surface area contributed by atoms with E-state index in [1.165, 1.54) is 0 Å². The maximum Gasteiger partial charge on any atom is 0.120 e. The molecule has 2 aromatic rings. The van der Waals surface area contributed by atoms with E-state index < -0.39 is 0 Å². The lowest BCUT2D eigenvalue weighted by atomic mass is 9.98. The number of carbonyl (C=O) groups is 1. The summed E-state index contributed by atoms with van der Waals surface area (Å²) >= 11 is 0. The van der Waals surface area contributed by atoms with Crippen LogP contribution in [0.25, 0.3) is 0 Å². The summed E-state index contributed by atoms with van der Waals surface area (Å²) < 4.78 is 5.77. The molecule has 2 rings (SSSR count). The summed E-state index contributed by atoms with van der Waals surface area (Å²) in [5, 5.41) is 0. The predicted molar refractivity (Wildman–Crippen MR) is 76.3 cm³/mol. The Morgan fingerprint density at radius 3 is 2.63 bits per heavy atom. The first-order valence-electron chi connectivity index (χ1n) is 6.50. The minimum atomic E-state index is 0.234. The van der Waals surface area contributed by atoms with Crippen molar-refractivity contribution in [3.63, 3.8) is 0 Å². The quantitative estimate of drug-likeness (QED) is 0.729. The molecule has 0 aromatic heterocycles. The Labute approximate surface area is 114 Å². The molecule has 0 aliphatic rings. The van der Waals surface area contributed by atoms with Crippen LogP contribution in [0.2, 0.25) is 0 Å². The third-order valence-electron chi connectivity index (χ3n) is 3.13. The number of hydrogen-bond acceptors (Lipinski definition) is 2. The van der Waals surface area contributed by atoms with E-state index in [1.807, 2.05) is 61.5 Å². The van der Waals surface area contributed by atoms with Gasteiger partial charge in [-0.15, -0.1) is 0 Å². The maximum atomic E-state index is 10.6. The van der Waals surface area contributed by atoms with Crippen molar-refractivity contribution in [3.8, 4) is 5.75 Å². The van der Waals surface area contributed by atoms with Crippen LogP contribution in [0.5, 0.6) is 5.75 Å². The molecule has 1 atom stereocenters. The SMILES string of the molecule is CC(CC=O)c1cccc(OCc2ccccc2)c1. The van der Waals surface area contributed by atoms with Gasteiger partial charge >= 0.3 is 0 Å². The molecule has 0 heterocycles. The minimum absolute atomic E-state index is 0.234. The molecule has 0 aliphatic heterocycles. The third-order valence-corrected chi connectivity index (χ3v) is 3.13. The zero-order valence-electron chi connectivity index (χ0n) is 11.1. The standard InChI is InChI=1S/C17H18O2/c1-14(10-11-18)16-8-5-9-17(12-16)19-13-15-6-3-2-4-7-15/h2-9,11-12,14H,10,13H2,1H3. The Morgan fingerprint density at radius 2 is 1.89 bits per heavy atom. The van der Waals surface area contributed by atoms with Crippen LogP contribution in [0.3, 0.4) is 0 Å². The third kappa shape index (κ3) is 3.95. The van der Waals surface area contributed by atoms with Gasteiger partial charge in [0.1, 0.15) is 18.6 Å². The molecule has 0 spiro atoms. The molecule has 19 heavy (non-hydrogen) atoms. The van der Waals surface area contributed by atoms with E-state index in [0.29, 0.717) is 13.0 Å². The lowest BCUT2D eigenvalue weighted by Gasteiger charge is -2.11. The van der Waals surface area contributed by atoms with Gasteiger partial charge in [0.05, 0.1) is 0 Å². The molecule has 0 aliphatic carbocycles. The highest BCUT2D eigenvalue weighted by Crippen LogP contribution is 2.23.